The molecule has 0 spiro atoms. The van der Waals surface area contributed by atoms with Gasteiger partial charge in [0, 0.05) is 36.7 Å². The van der Waals surface area contributed by atoms with E-state index in [0.717, 1.165) is 37.2 Å². The molecule has 3 N–H and O–H groups in total. The van der Waals surface area contributed by atoms with Gasteiger partial charge in [-0.1, -0.05) is 0 Å². The minimum Gasteiger partial charge on any atom is -0.469 e. The number of rotatable bonds is 6. The Morgan fingerprint density at radius 1 is 1.31 bits per heavy atom. The molecule has 1 aliphatic heterocycles. The number of esters is 1. The van der Waals surface area contributed by atoms with Crippen LogP contribution in [0.3, 0.4) is 0 Å². The molecule has 3 rings (SSSR count). The summed E-state index contributed by atoms with van der Waals surface area (Å²) in [6.07, 6.45) is 2.49. The average molecular weight is 357 g/mol. The number of hydrogen-bond donors (Lipinski definition) is 2. The first-order chi connectivity index (χ1) is 12.6. The number of carbonyl (C=O) groups excluding carboxylic acids is 1. The van der Waals surface area contributed by atoms with Crippen molar-refractivity contribution in [2.45, 2.75) is 31.6 Å². The Morgan fingerprint density at radius 3 is 2.62 bits per heavy atom. The molecule has 0 saturated carbocycles. The monoisotopic (exact) mass is 357 g/mol. The summed E-state index contributed by atoms with van der Waals surface area (Å²) in [4.78, 5) is 13.5. The molecule has 1 aromatic carbocycles. The summed E-state index contributed by atoms with van der Waals surface area (Å²) in [6.45, 7) is 1.79. The van der Waals surface area contributed by atoms with E-state index in [9.17, 15) is 4.79 Å². The fraction of sp³-hybridized carbons (Fsp3) is 0.444. The van der Waals surface area contributed by atoms with E-state index in [1.807, 2.05) is 24.3 Å². The Balaban J connectivity index is 1.54. The van der Waals surface area contributed by atoms with E-state index < -0.39 is 0 Å². The Kier molecular flexibility index (Phi) is 5.50. The van der Waals surface area contributed by atoms with E-state index in [1.165, 1.54) is 7.11 Å². The fourth-order valence-electron chi connectivity index (χ4n) is 3.08. The molecule has 0 bridgehead atoms. The third kappa shape index (κ3) is 4.19. The molecule has 138 valence electrons. The first kappa shape index (κ1) is 17.9. The molecule has 0 aliphatic carbocycles. The number of nitrogen functional groups attached to an aromatic ring is 1. The number of anilines is 1. The molecule has 0 unspecified atom stereocenters. The molecule has 26 heavy (non-hydrogen) atoms. The number of methoxy groups -OCH3 is 1. The largest absolute Gasteiger partial charge is 0.469 e. The number of aryl methyl sites for hydroxylation is 1. The van der Waals surface area contributed by atoms with Gasteiger partial charge in [-0.25, -0.2) is 0 Å². The summed E-state index contributed by atoms with van der Waals surface area (Å²) in [5.41, 5.74) is 7.35. The van der Waals surface area contributed by atoms with Gasteiger partial charge >= 0.3 is 5.97 Å². The van der Waals surface area contributed by atoms with Crippen molar-refractivity contribution in [2.75, 3.05) is 25.1 Å². The van der Waals surface area contributed by atoms with Crippen LogP contribution in [0.15, 0.2) is 28.7 Å². The number of nitrogens with one attached hydrogen (secondary N) is 1. The second kappa shape index (κ2) is 7.99. The van der Waals surface area contributed by atoms with Crippen molar-refractivity contribution >= 4 is 17.5 Å². The molecule has 1 fully saturated rings. The van der Waals surface area contributed by atoms with Crippen molar-refractivity contribution in [3.63, 3.8) is 0 Å². The first-order valence-electron chi connectivity index (χ1n) is 8.65. The predicted molar refractivity (Wildman–Crippen MR) is 96.3 cm³/mol. The number of amidine groups is 1. The predicted octanol–water partition coefficient (Wildman–Crippen LogP) is 1.84. The average Bonchev–Trinajstić information content (AvgIpc) is 3.15. The summed E-state index contributed by atoms with van der Waals surface area (Å²) >= 11 is 0. The quantitative estimate of drug-likeness (QED) is 0.460. The zero-order chi connectivity index (χ0) is 18.5. The highest BCUT2D eigenvalue weighted by Gasteiger charge is 2.25. The van der Waals surface area contributed by atoms with Gasteiger partial charge in [-0.15, -0.1) is 10.2 Å². The van der Waals surface area contributed by atoms with Gasteiger partial charge in [0.1, 0.15) is 5.84 Å². The van der Waals surface area contributed by atoms with E-state index in [0.29, 0.717) is 18.2 Å². The summed E-state index contributed by atoms with van der Waals surface area (Å²) in [5.74, 6) is 1.16. The lowest BCUT2D eigenvalue weighted by Gasteiger charge is -2.32. The van der Waals surface area contributed by atoms with Gasteiger partial charge in [-0.05, 0) is 37.1 Å². The second-order valence-corrected chi connectivity index (χ2v) is 6.33. The van der Waals surface area contributed by atoms with E-state index >= 15 is 0 Å². The van der Waals surface area contributed by atoms with Crippen LogP contribution in [0.5, 0.6) is 0 Å². The van der Waals surface area contributed by atoms with Gasteiger partial charge in [0.05, 0.1) is 13.5 Å². The fourth-order valence-corrected chi connectivity index (χ4v) is 3.08. The standard InChI is InChI=1S/C18H23N5O3/c1-25-16(24)7-6-15-21-22-18(26-15)13-8-10-23(11-9-13)14-4-2-12(3-5-14)17(19)20/h2-5,13H,6-11H2,1H3,(H3,19,20). The van der Waals surface area contributed by atoms with Gasteiger partial charge < -0.3 is 19.8 Å². The van der Waals surface area contributed by atoms with E-state index in [-0.39, 0.29) is 24.1 Å². The van der Waals surface area contributed by atoms with Crippen LogP contribution in [-0.4, -0.2) is 42.2 Å². The lowest BCUT2D eigenvalue weighted by atomic mass is 9.96. The van der Waals surface area contributed by atoms with Gasteiger partial charge in [0.25, 0.3) is 0 Å². The molecule has 0 atom stereocenters. The van der Waals surface area contributed by atoms with Crippen molar-refractivity contribution < 1.29 is 13.9 Å². The number of benzene rings is 1. The van der Waals surface area contributed by atoms with Crippen LogP contribution in [0.1, 0.15) is 42.5 Å². The summed E-state index contributed by atoms with van der Waals surface area (Å²) in [7, 11) is 1.36. The van der Waals surface area contributed by atoms with Crippen LogP contribution in [0, 0.1) is 5.41 Å². The highest BCUT2D eigenvalue weighted by atomic mass is 16.5. The molecule has 1 aliphatic rings. The minimum atomic E-state index is -0.283. The summed E-state index contributed by atoms with van der Waals surface area (Å²) < 4.78 is 10.3. The number of ether oxygens (including phenoxy) is 1. The Morgan fingerprint density at radius 2 is 2.00 bits per heavy atom. The summed E-state index contributed by atoms with van der Waals surface area (Å²) in [6, 6.07) is 7.73. The molecule has 0 radical (unpaired) electrons. The van der Waals surface area contributed by atoms with Crippen molar-refractivity contribution in [1.82, 2.24) is 10.2 Å². The second-order valence-electron chi connectivity index (χ2n) is 6.33. The maximum atomic E-state index is 11.2. The first-order valence-corrected chi connectivity index (χ1v) is 8.65. The molecule has 1 saturated heterocycles. The Labute approximate surface area is 151 Å². The van der Waals surface area contributed by atoms with Gasteiger partial charge in [-0.3, -0.25) is 10.2 Å². The van der Waals surface area contributed by atoms with Crippen LogP contribution < -0.4 is 10.6 Å². The van der Waals surface area contributed by atoms with Crippen molar-refractivity contribution in [3.8, 4) is 0 Å². The van der Waals surface area contributed by atoms with Crippen molar-refractivity contribution in [1.29, 1.82) is 5.41 Å². The lowest BCUT2D eigenvalue weighted by molar-refractivity contribution is -0.140. The highest BCUT2D eigenvalue weighted by Crippen LogP contribution is 2.30. The van der Waals surface area contributed by atoms with E-state index in [4.69, 9.17) is 15.6 Å². The number of nitrogens with two attached hydrogens (primary N) is 1. The van der Waals surface area contributed by atoms with Crippen LogP contribution in [0.2, 0.25) is 0 Å². The number of nitrogens with zero attached hydrogens (tertiary/aromatic N) is 3. The van der Waals surface area contributed by atoms with Gasteiger partial charge in [-0.2, -0.15) is 0 Å². The van der Waals surface area contributed by atoms with Crippen LogP contribution in [-0.2, 0) is 16.0 Å². The Bertz CT molecular complexity index is 763. The minimum absolute atomic E-state index is 0.0784. The number of hydrogen-bond acceptors (Lipinski definition) is 7. The van der Waals surface area contributed by atoms with E-state index in [2.05, 4.69) is 19.8 Å². The maximum absolute atomic E-state index is 11.2. The van der Waals surface area contributed by atoms with Gasteiger partial charge in [0.15, 0.2) is 0 Å². The number of aromatic nitrogens is 2. The molecule has 2 heterocycles. The molecule has 8 heteroatoms. The smallest absolute Gasteiger partial charge is 0.306 e. The lowest BCUT2D eigenvalue weighted by Crippen LogP contribution is -2.33. The zero-order valence-electron chi connectivity index (χ0n) is 14.8. The van der Waals surface area contributed by atoms with Crippen LogP contribution in [0.25, 0.3) is 0 Å². The third-order valence-electron chi connectivity index (χ3n) is 4.64. The third-order valence-corrected chi connectivity index (χ3v) is 4.64. The zero-order valence-corrected chi connectivity index (χ0v) is 14.8. The van der Waals surface area contributed by atoms with Crippen LogP contribution >= 0.6 is 0 Å². The van der Waals surface area contributed by atoms with Gasteiger partial charge in [0.2, 0.25) is 11.8 Å². The molecular weight excluding hydrogens is 334 g/mol. The molecule has 8 nitrogen and oxygen atoms in total. The molecular formula is C18H23N5O3. The number of piperidine rings is 1. The number of carbonyl (C=O) groups is 1. The van der Waals surface area contributed by atoms with E-state index in [1.54, 1.807) is 0 Å². The SMILES string of the molecule is COC(=O)CCc1nnc(C2CCN(c3ccc(C(=N)N)cc3)CC2)o1. The Hall–Kier alpha value is -2.90. The van der Waals surface area contributed by atoms with Crippen molar-refractivity contribution in [2.24, 2.45) is 5.73 Å². The molecule has 2 aromatic rings. The summed E-state index contributed by atoms with van der Waals surface area (Å²) in [5, 5.41) is 15.6. The van der Waals surface area contributed by atoms with Crippen molar-refractivity contribution in [3.05, 3.63) is 41.6 Å². The highest BCUT2D eigenvalue weighted by molar-refractivity contribution is 5.95. The van der Waals surface area contributed by atoms with Crippen LogP contribution in [0.4, 0.5) is 5.69 Å². The maximum Gasteiger partial charge on any atom is 0.306 e. The molecule has 1 aromatic heterocycles. The molecule has 0 amide bonds. The normalized spacial score (nSPS) is 15.0. The topological polar surface area (TPSA) is 118 Å².